The number of hydrogen-bond donors (Lipinski definition) is 0. The van der Waals surface area contributed by atoms with E-state index in [4.69, 9.17) is 9.47 Å². The maximum Gasteiger partial charge on any atom is 0.339 e. The quantitative estimate of drug-likeness (QED) is 0.323. The molecule has 0 N–H and O–H groups in total. The van der Waals surface area contributed by atoms with Gasteiger partial charge in [0.2, 0.25) is 0 Å². The minimum absolute atomic E-state index is 0.00854. The van der Waals surface area contributed by atoms with E-state index in [1.807, 2.05) is 62.9 Å². The van der Waals surface area contributed by atoms with E-state index in [1.54, 1.807) is 6.92 Å². The van der Waals surface area contributed by atoms with E-state index >= 15 is 0 Å². The van der Waals surface area contributed by atoms with Crippen LogP contribution in [0.25, 0.3) is 11.1 Å². The molecule has 0 saturated carbocycles. The molecule has 1 atom stereocenters. The van der Waals surface area contributed by atoms with Crippen molar-refractivity contribution in [2.45, 2.75) is 73.1 Å². The van der Waals surface area contributed by atoms with Gasteiger partial charge in [0.15, 0.2) is 6.10 Å². The van der Waals surface area contributed by atoms with E-state index < -0.39 is 17.7 Å². The zero-order valence-electron chi connectivity index (χ0n) is 23.7. The SMILES string of the molecule is CCOC(=O)C(OC(C)(C)C)c1c(C)c2c(c(C)c1-c1ccc(C)cc1)CCN(Cc1ccccc1)C2=O. The van der Waals surface area contributed by atoms with Crippen molar-refractivity contribution in [1.29, 1.82) is 0 Å². The first kappa shape index (κ1) is 27.6. The molecule has 38 heavy (non-hydrogen) atoms. The predicted molar refractivity (Wildman–Crippen MR) is 151 cm³/mol. The Kier molecular flexibility index (Phi) is 8.08. The second-order valence-electron chi connectivity index (χ2n) is 11.1. The largest absolute Gasteiger partial charge is 0.464 e. The standard InChI is InChI=1S/C33H39NO4/c1-8-37-32(36)30(38-33(5,6)7)29-23(4)28-26(22(3)27(29)25-16-14-21(2)15-17-25)18-19-34(31(28)35)20-24-12-10-9-11-13-24/h9-17,30H,8,18-20H2,1-7H3. The molecule has 5 heteroatoms. The molecule has 1 aliphatic heterocycles. The van der Waals surface area contributed by atoms with Crippen molar-refractivity contribution < 1.29 is 19.1 Å². The van der Waals surface area contributed by atoms with E-state index in [2.05, 4.69) is 38.1 Å². The van der Waals surface area contributed by atoms with Crippen molar-refractivity contribution in [3.8, 4) is 11.1 Å². The van der Waals surface area contributed by atoms with Crippen LogP contribution in [-0.2, 0) is 27.2 Å². The number of fused-ring (bicyclic) bond motifs is 1. The van der Waals surface area contributed by atoms with Crippen LogP contribution < -0.4 is 0 Å². The summed E-state index contributed by atoms with van der Waals surface area (Å²) in [5, 5.41) is 0. The maximum atomic E-state index is 14.0. The topological polar surface area (TPSA) is 55.8 Å². The monoisotopic (exact) mass is 513 g/mol. The molecule has 0 radical (unpaired) electrons. The van der Waals surface area contributed by atoms with Gasteiger partial charge in [-0.05, 0) is 88.3 Å². The molecule has 3 aromatic rings. The fraction of sp³-hybridized carbons (Fsp3) is 0.394. The molecule has 0 spiro atoms. The van der Waals surface area contributed by atoms with Crippen molar-refractivity contribution in [3.05, 3.63) is 93.5 Å². The second-order valence-corrected chi connectivity index (χ2v) is 11.1. The van der Waals surface area contributed by atoms with E-state index in [-0.39, 0.29) is 12.5 Å². The van der Waals surface area contributed by atoms with Gasteiger partial charge in [0.1, 0.15) is 0 Å². The van der Waals surface area contributed by atoms with Gasteiger partial charge >= 0.3 is 5.97 Å². The summed E-state index contributed by atoms with van der Waals surface area (Å²) in [4.78, 5) is 29.4. The number of hydrogen-bond acceptors (Lipinski definition) is 4. The Morgan fingerprint density at radius 2 is 1.61 bits per heavy atom. The molecule has 0 fully saturated rings. The summed E-state index contributed by atoms with van der Waals surface area (Å²) in [5.74, 6) is -0.451. The Bertz CT molecular complexity index is 1320. The molecule has 5 nitrogen and oxygen atoms in total. The third kappa shape index (κ3) is 5.68. The summed E-state index contributed by atoms with van der Waals surface area (Å²) in [7, 11) is 0. The van der Waals surface area contributed by atoms with Crippen LogP contribution in [-0.4, -0.2) is 35.5 Å². The second kappa shape index (κ2) is 11.1. The number of nitrogens with zero attached hydrogens (tertiary/aromatic N) is 1. The Hall–Kier alpha value is -3.44. The van der Waals surface area contributed by atoms with Gasteiger partial charge in [-0.2, -0.15) is 0 Å². The van der Waals surface area contributed by atoms with Gasteiger partial charge in [-0.1, -0.05) is 60.2 Å². The maximum absolute atomic E-state index is 14.0. The molecule has 1 unspecified atom stereocenters. The zero-order valence-corrected chi connectivity index (χ0v) is 23.7. The lowest BCUT2D eigenvalue weighted by Crippen LogP contribution is -2.39. The molecule has 0 aliphatic carbocycles. The molecular formula is C33H39NO4. The van der Waals surface area contributed by atoms with Gasteiger partial charge in [-0.3, -0.25) is 4.79 Å². The van der Waals surface area contributed by atoms with Gasteiger partial charge in [0.05, 0.1) is 12.2 Å². The average Bonchev–Trinajstić information content (AvgIpc) is 2.87. The minimum Gasteiger partial charge on any atom is -0.464 e. The lowest BCUT2D eigenvalue weighted by Gasteiger charge is -2.35. The van der Waals surface area contributed by atoms with Gasteiger partial charge in [-0.25, -0.2) is 4.79 Å². The predicted octanol–water partition coefficient (Wildman–Crippen LogP) is 6.90. The van der Waals surface area contributed by atoms with Crippen molar-refractivity contribution in [2.75, 3.05) is 13.2 Å². The van der Waals surface area contributed by atoms with E-state index in [0.717, 1.165) is 45.4 Å². The highest BCUT2D eigenvalue weighted by Gasteiger charge is 2.37. The summed E-state index contributed by atoms with van der Waals surface area (Å²) >= 11 is 0. The van der Waals surface area contributed by atoms with E-state index in [0.29, 0.717) is 24.2 Å². The van der Waals surface area contributed by atoms with Crippen LogP contribution in [0.2, 0.25) is 0 Å². The summed E-state index contributed by atoms with van der Waals surface area (Å²) in [6, 6.07) is 18.4. The van der Waals surface area contributed by atoms with Crippen molar-refractivity contribution >= 4 is 11.9 Å². The van der Waals surface area contributed by atoms with Gasteiger partial charge < -0.3 is 14.4 Å². The molecule has 0 bridgehead atoms. The van der Waals surface area contributed by atoms with Crippen LogP contribution >= 0.6 is 0 Å². The highest BCUT2D eigenvalue weighted by atomic mass is 16.6. The number of esters is 1. The molecule has 0 saturated heterocycles. The lowest BCUT2D eigenvalue weighted by atomic mass is 9.79. The van der Waals surface area contributed by atoms with Crippen molar-refractivity contribution in [2.24, 2.45) is 0 Å². The van der Waals surface area contributed by atoms with Gasteiger partial charge in [-0.15, -0.1) is 0 Å². The highest BCUT2D eigenvalue weighted by molar-refractivity contribution is 6.01. The first-order valence-electron chi connectivity index (χ1n) is 13.4. The third-order valence-electron chi connectivity index (χ3n) is 7.10. The third-order valence-corrected chi connectivity index (χ3v) is 7.10. The number of carbonyl (C=O) groups is 2. The van der Waals surface area contributed by atoms with Crippen LogP contribution in [0.4, 0.5) is 0 Å². The average molecular weight is 514 g/mol. The fourth-order valence-corrected chi connectivity index (χ4v) is 5.37. The molecule has 3 aromatic carbocycles. The van der Waals surface area contributed by atoms with Crippen LogP contribution in [0.15, 0.2) is 54.6 Å². The smallest absolute Gasteiger partial charge is 0.339 e. The number of aryl methyl sites for hydroxylation is 1. The fourth-order valence-electron chi connectivity index (χ4n) is 5.37. The van der Waals surface area contributed by atoms with Crippen LogP contribution in [0.5, 0.6) is 0 Å². The van der Waals surface area contributed by atoms with Gasteiger partial charge in [0, 0.05) is 24.2 Å². The molecule has 4 rings (SSSR count). The van der Waals surface area contributed by atoms with Crippen molar-refractivity contribution in [3.63, 3.8) is 0 Å². The van der Waals surface area contributed by atoms with E-state index in [1.165, 1.54) is 0 Å². The molecule has 200 valence electrons. The summed E-state index contributed by atoms with van der Waals surface area (Å²) < 4.78 is 11.9. The number of benzene rings is 3. The summed E-state index contributed by atoms with van der Waals surface area (Å²) in [6.45, 7) is 15.1. The lowest BCUT2D eigenvalue weighted by molar-refractivity contribution is -0.166. The normalized spacial score (nSPS) is 14.3. The van der Waals surface area contributed by atoms with Gasteiger partial charge in [0.25, 0.3) is 5.91 Å². The van der Waals surface area contributed by atoms with Crippen LogP contribution in [0.3, 0.4) is 0 Å². The Balaban J connectivity index is 1.94. The van der Waals surface area contributed by atoms with Crippen LogP contribution in [0, 0.1) is 20.8 Å². The first-order valence-corrected chi connectivity index (χ1v) is 13.4. The van der Waals surface area contributed by atoms with E-state index in [9.17, 15) is 9.59 Å². The molecular weight excluding hydrogens is 474 g/mol. The zero-order chi connectivity index (χ0) is 27.6. The minimum atomic E-state index is -0.965. The number of carbonyl (C=O) groups excluding carboxylic acids is 2. The molecule has 1 heterocycles. The molecule has 1 amide bonds. The Morgan fingerprint density at radius 1 is 0.947 bits per heavy atom. The number of rotatable bonds is 7. The summed E-state index contributed by atoms with van der Waals surface area (Å²) in [6.07, 6.45) is -0.211. The molecule has 0 aromatic heterocycles. The number of amides is 1. The number of ether oxygens (including phenoxy) is 2. The molecule has 1 aliphatic rings. The first-order chi connectivity index (χ1) is 18.0. The van der Waals surface area contributed by atoms with Crippen molar-refractivity contribution in [1.82, 2.24) is 4.90 Å². The summed E-state index contributed by atoms with van der Waals surface area (Å²) in [5.41, 5.74) is 7.84. The Labute approximate surface area is 226 Å². The Morgan fingerprint density at radius 3 is 2.21 bits per heavy atom. The highest BCUT2D eigenvalue weighted by Crippen LogP contribution is 2.43. The van der Waals surface area contributed by atoms with Crippen LogP contribution in [0.1, 0.15) is 77.5 Å².